The zero-order chi connectivity index (χ0) is 14.4. The van der Waals surface area contributed by atoms with Crippen molar-refractivity contribution in [2.45, 2.75) is 50.5 Å². The first-order chi connectivity index (χ1) is 10.2. The van der Waals surface area contributed by atoms with Crippen LogP contribution in [-0.4, -0.2) is 22.6 Å². The van der Waals surface area contributed by atoms with Crippen LogP contribution < -0.4 is 5.32 Å². The highest BCUT2D eigenvalue weighted by atomic mass is 35.5. The highest BCUT2D eigenvalue weighted by molar-refractivity contribution is 6.35. The van der Waals surface area contributed by atoms with Crippen molar-refractivity contribution in [2.75, 3.05) is 13.1 Å². The Morgan fingerprint density at radius 3 is 2.95 bits per heavy atom. The molecule has 1 aromatic carbocycles. The first-order valence-corrected chi connectivity index (χ1v) is 8.50. The average Bonchev–Trinajstić information content (AvgIpc) is 3.06. The third-order valence-corrected chi connectivity index (χ3v) is 5.32. The standard InChI is InChI=1S/C17H22ClN3/c1-2-8-17(9-10-19-11-17)16-20-14-5-3-4-13(18)15(14)21(16)12-6-7-12/h3-5,12,19H,2,6-11H2,1H3. The summed E-state index contributed by atoms with van der Waals surface area (Å²) in [6.45, 7) is 4.42. The van der Waals surface area contributed by atoms with Gasteiger partial charge in [0.1, 0.15) is 5.82 Å². The Bertz CT molecular complexity index is 666. The molecule has 1 N–H and O–H groups in total. The summed E-state index contributed by atoms with van der Waals surface area (Å²) in [6, 6.07) is 6.72. The van der Waals surface area contributed by atoms with E-state index < -0.39 is 0 Å². The molecule has 1 saturated heterocycles. The zero-order valence-electron chi connectivity index (χ0n) is 12.5. The van der Waals surface area contributed by atoms with Gasteiger partial charge in [0.25, 0.3) is 0 Å². The van der Waals surface area contributed by atoms with Gasteiger partial charge < -0.3 is 9.88 Å². The number of rotatable bonds is 4. The van der Waals surface area contributed by atoms with Gasteiger partial charge in [-0.05, 0) is 44.4 Å². The molecule has 0 radical (unpaired) electrons. The first-order valence-electron chi connectivity index (χ1n) is 8.13. The number of fused-ring (bicyclic) bond motifs is 1. The van der Waals surface area contributed by atoms with Gasteiger partial charge >= 0.3 is 0 Å². The molecule has 4 rings (SSSR count). The molecule has 112 valence electrons. The van der Waals surface area contributed by atoms with Gasteiger partial charge in [0.2, 0.25) is 0 Å². The summed E-state index contributed by atoms with van der Waals surface area (Å²) < 4.78 is 2.47. The Labute approximate surface area is 130 Å². The summed E-state index contributed by atoms with van der Waals surface area (Å²) in [7, 11) is 0. The van der Waals surface area contributed by atoms with E-state index in [1.807, 2.05) is 12.1 Å². The molecular formula is C17H22ClN3. The second-order valence-corrected chi connectivity index (χ2v) is 7.01. The van der Waals surface area contributed by atoms with Crippen LogP contribution in [0.2, 0.25) is 5.02 Å². The van der Waals surface area contributed by atoms with Gasteiger partial charge in [0.15, 0.2) is 0 Å². The molecule has 1 unspecified atom stereocenters. The summed E-state index contributed by atoms with van der Waals surface area (Å²) in [4.78, 5) is 5.05. The second-order valence-electron chi connectivity index (χ2n) is 6.60. The van der Waals surface area contributed by atoms with Crippen LogP contribution in [-0.2, 0) is 5.41 Å². The fraction of sp³-hybridized carbons (Fsp3) is 0.588. The molecule has 3 nitrogen and oxygen atoms in total. The van der Waals surface area contributed by atoms with Gasteiger partial charge in [-0.15, -0.1) is 0 Å². The largest absolute Gasteiger partial charge is 0.323 e. The van der Waals surface area contributed by atoms with Crippen LogP contribution >= 0.6 is 11.6 Å². The van der Waals surface area contributed by atoms with Crippen LogP contribution in [0, 0.1) is 0 Å². The van der Waals surface area contributed by atoms with E-state index in [9.17, 15) is 0 Å². The maximum absolute atomic E-state index is 6.50. The van der Waals surface area contributed by atoms with Crippen LogP contribution in [0.25, 0.3) is 11.0 Å². The van der Waals surface area contributed by atoms with Crippen LogP contribution in [0.3, 0.4) is 0 Å². The van der Waals surface area contributed by atoms with Crippen molar-refractivity contribution in [1.82, 2.24) is 14.9 Å². The zero-order valence-corrected chi connectivity index (χ0v) is 13.3. The van der Waals surface area contributed by atoms with Crippen molar-refractivity contribution in [3.8, 4) is 0 Å². The van der Waals surface area contributed by atoms with E-state index in [1.165, 1.54) is 37.9 Å². The Morgan fingerprint density at radius 2 is 2.29 bits per heavy atom. The smallest absolute Gasteiger partial charge is 0.117 e. The molecule has 2 heterocycles. The van der Waals surface area contributed by atoms with Crippen molar-refractivity contribution >= 4 is 22.6 Å². The second kappa shape index (κ2) is 4.99. The Morgan fingerprint density at radius 1 is 1.43 bits per heavy atom. The van der Waals surface area contributed by atoms with Crippen molar-refractivity contribution in [1.29, 1.82) is 0 Å². The van der Waals surface area contributed by atoms with Crippen LogP contribution in [0.5, 0.6) is 0 Å². The molecule has 0 amide bonds. The number of halogens is 1. The number of hydrogen-bond acceptors (Lipinski definition) is 2. The van der Waals surface area contributed by atoms with E-state index in [0.717, 1.165) is 29.1 Å². The van der Waals surface area contributed by atoms with E-state index in [2.05, 4.69) is 22.9 Å². The highest BCUT2D eigenvalue weighted by Gasteiger charge is 2.42. The number of imidazole rings is 1. The van der Waals surface area contributed by atoms with Gasteiger partial charge in [0.05, 0.1) is 16.1 Å². The average molecular weight is 304 g/mol. The Kier molecular flexibility index (Phi) is 3.23. The number of nitrogens with zero attached hydrogens (tertiary/aromatic N) is 2. The first kappa shape index (κ1) is 13.6. The maximum atomic E-state index is 6.50. The number of nitrogens with one attached hydrogen (secondary N) is 1. The van der Waals surface area contributed by atoms with Crippen LogP contribution in [0.4, 0.5) is 0 Å². The van der Waals surface area contributed by atoms with Crippen LogP contribution in [0.1, 0.15) is 50.9 Å². The van der Waals surface area contributed by atoms with E-state index >= 15 is 0 Å². The molecule has 1 aliphatic heterocycles. The third kappa shape index (κ3) is 2.09. The summed E-state index contributed by atoms with van der Waals surface area (Å²) >= 11 is 6.50. The monoisotopic (exact) mass is 303 g/mol. The Hall–Kier alpha value is -1.06. The minimum Gasteiger partial charge on any atom is -0.323 e. The molecule has 2 fully saturated rings. The van der Waals surface area contributed by atoms with Crippen LogP contribution in [0.15, 0.2) is 18.2 Å². The minimum absolute atomic E-state index is 0.194. The molecule has 4 heteroatoms. The molecule has 1 saturated carbocycles. The van der Waals surface area contributed by atoms with Crippen molar-refractivity contribution in [2.24, 2.45) is 0 Å². The van der Waals surface area contributed by atoms with Gasteiger partial charge in [-0.2, -0.15) is 0 Å². The molecule has 0 bridgehead atoms. The van der Waals surface area contributed by atoms with Gasteiger partial charge in [-0.25, -0.2) is 4.98 Å². The lowest BCUT2D eigenvalue weighted by atomic mass is 9.81. The molecule has 1 atom stereocenters. The SMILES string of the molecule is CCCC1(c2nc3cccc(Cl)c3n2C2CC2)CCNC1. The molecule has 0 spiro atoms. The summed E-state index contributed by atoms with van der Waals surface area (Å²) in [5, 5.41) is 4.40. The van der Waals surface area contributed by atoms with Crippen molar-refractivity contribution < 1.29 is 0 Å². The predicted octanol–water partition coefficient (Wildman–Crippen LogP) is 4.06. The van der Waals surface area contributed by atoms with Gasteiger partial charge in [-0.1, -0.05) is 31.0 Å². The molecular weight excluding hydrogens is 282 g/mol. The predicted molar refractivity (Wildman–Crippen MR) is 87.1 cm³/mol. The minimum atomic E-state index is 0.194. The molecule has 21 heavy (non-hydrogen) atoms. The molecule has 1 aliphatic carbocycles. The number of aromatic nitrogens is 2. The summed E-state index contributed by atoms with van der Waals surface area (Å²) in [6.07, 6.45) is 6.12. The van der Waals surface area contributed by atoms with E-state index in [4.69, 9.17) is 16.6 Å². The Balaban J connectivity index is 1.95. The van der Waals surface area contributed by atoms with Gasteiger partial charge in [-0.3, -0.25) is 0 Å². The molecule has 2 aromatic rings. The number of para-hydroxylation sites is 1. The molecule has 2 aliphatic rings. The molecule has 1 aromatic heterocycles. The van der Waals surface area contributed by atoms with E-state index in [0.29, 0.717) is 6.04 Å². The maximum Gasteiger partial charge on any atom is 0.117 e. The highest BCUT2D eigenvalue weighted by Crippen LogP contribution is 2.45. The van der Waals surface area contributed by atoms with E-state index in [-0.39, 0.29) is 5.41 Å². The number of benzene rings is 1. The lowest BCUT2D eigenvalue weighted by molar-refractivity contribution is 0.386. The topological polar surface area (TPSA) is 29.9 Å². The quantitative estimate of drug-likeness (QED) is 0.923. The fourth-order valence-corrected chi connectivity index (χ4v) is 4.17. The lowest BCUT2D eigenvalue weighted by Crippen LogP contribution is -2.32. The lowest BCUT2D eigenvalue weighted by Gasteiger charge is -2.28. The van der Waals surface area contributed by atoms with E-state index in [1.54, 1.807) is 0 Å². The normalized spacial score (nSPS) is 25.8. The third-order valence-electron chi connectivity index (χ3n) is 5.02. The number of hydrogen-bond donors (Lipinski definition) is 1. The summed E-state index contributed by atoms with van der Waals surface area (Å²) in [5.41, 5.74) is 2.41. The van der Waals surface area contributed by atoms with Gasteiger partial charge in [0, 0.05) is 18.0 Å². The van der Waals surface area contributed by atoms with Crippen molar-refractivity contribution in [3.63, 3.8) is 0 Å². The summed E-state index contributed by atoms with van der Waals surface area (Å²) in [5.74, 6) is 1.28. The van der Waals surface area contributed by atoms with Crippen molar-refractivity contribution in [3.05, 3.63) is 29.0 Å². The fourth-order valence-electron chi connectivity index (χ4n) is 3.91.